The molecular formula is C21H31N3O7S. The average Bonchev–Trinajstić information content (AvgIpc) is 3.28. The molecule has 0 aromatic carbocycles. The summed E-state index contributed by atoms with van der Waals surface area (Å²) in [7, 11) is -3.37. The molecule has 1 aromatic heterocycles. The summed E-state index contributed by atoms with van der Waals surface area (Å²) < 4.78 is 45.8. The van der Waals surface area contributed by atoms with Crippen LogP contribution in [0.2, 0.25) is 0 Å². The number of carbonyl (C=O) groups excluding carboxylic acids is 1. The predicted octanol–water partition coefficient (Wildman–Crippen LogP) is 1.98. The zero-order valence-corrected chi connectivity index (χ0v) is 19.2. The van der Waals surface area contributed by atoms with E-state index < -0.39 is 9.84 Å². The van der Waals surface area contributed by atoms with E-state index in [-0.39, 0.29) is 35.5 Å². The fourth-order valence-corrected chi connectivity index (χ4v) is 4.77. The van der Waals surface area contributed by atoms with Crippen LogP contribution in [0, 0.1) is 0 Å². The maximum atomic E-state index is 12.3. The zero-order chi connectivity index (χ0) is 22.6. The smallest absolute Gasteiger partial charge is 0.410 e. The van der Waals surface area contributed by atoms with Crippen LogP contribution in [0.5, 0.6) is 5.88 Å². The van der Waals surface area contributed by atoms with Crippen LogP contribution in [0.25, 0.3) is 0 Å². The van der Waals surface area contributed by atoms with Crippen molar-refractivity contribution in [2.24, 2.45) is 0 Å². The lowest BCUT2D eigenvalue weighted by Gasteiger charge is -2.35. The average molecular weight is 470 g/mol. The molecule has 11 heteroatoms. The molecule has 0 unspecified atom stereocenters. The lowest BCUT2D eigenvalue weighted by atomic mass is 9.94. The number of piperidine rings is 1. The molecular weight excluding hydrogens is 438 g/mol. The van der Waals surface area contributed by atoms with E-state index in [0.29, 0.717) is 32.2 Å². The number of amides is 1. The summed E-state index contributed by atoms with van der Waals surface area (Å²) in [5, 5.41) is -0.0613. The number of aromatic nitrogens is 2. The monoisotopic (exact) mass is 469 g/mol. The molecule has 4 rings (SSSR count). The molecule has 1 aromatic rings. The van der Waals surface area contributed by atoms with Gasteiger partial charge in [0.15, 0.2) is 14.9 Å². The van der Waals surface area contributed by atoms with E-state index in [4.69, 9.17) is 18.9 Å². The van der Waals surface area contributed by atoms with Gasteiger partial charge >= 0.3 is 6.09 Å². The van der Waals surface area contributed by atoms with E-state index in [1.165, 1.54) is 12.4 Å². The van der Waals surface area contributed by atoms with Gasteiger partial charge < -0.3 is 23.8 Å². The molecule has 0 radical (unpaired) electrons. The molecule has 178 valence electrons. The Kier molecular flexibility index (Phi) is 7.47. The Morgan fingerprint density at radius 1 is 0.969 bits per heavy atom. The van der Waals surface area contributed by atoms with E-state index in [2.05, 4.69) is 9.97 Å². The largest absolute Gasteiger partial charge is 0.473 e. The highest BCUT2D eigenvalue weighted by molar-refractivity contribution is 7.90. The predicted molar refractivity (Wildman–Crippen MR) is 113 cm³/mol. The second kappa shape index (κ2) is 10.3. The van der Waals surface area contributed by atoms with Gasteiger partial charge in [-0.15, -0.1) is 0 Å². The lowest BCUT2D eigenvalue weighted by molar-refractivity contribution is -0.0663. The number of rotatable bonds is 6. The maximum absolute atomic E-state index is 12.3. The molecule has 3 heterocycles. The Hall–Kier alpha value is -1.98. The Morgan fingerprint density at radius 2 is 1.66 bits per heavy atom. The molecule has 1 atom stereocenters. The number of likely N-dealkylation sites (tertiary alicyclic amines) is 1. The second-order valence-electron chi connectivity index (χ2n) is 8.67. The highest BCUT2D eigenvalue weighted by Gasteiger charge is 2.30. The lowest BCUT2D eigenvalue weighted by Crippen LogP contribution is -2.43. The first-order chi connectivity index (χ1) is 15.4. The molecule has 0 spiro atoms. The van der Waals surface area contributed by atoms with Gasteiger partial charge in [0, 0.05) is 25.8 Å². The highest BCUT2D eigenvalue weighted by atomic mass is 32.2. The third-order valence-electron chi connectivity index (χ3n) is 6.13. The standard InChI is InChI=1S/C21H31N3O7S/c1-32(26,27)20-13-22-19(12-23-20)30-16-4-2-15(3-5-16)29-17-6-9-24(10-7-17)21(25)31-18-8-11-28-14-18/h12-13,15-18H,2-11,14H2,1H3/t15?,16?,18-/m0/s1. The Balaban J connectivity index is 1.14. The second-order valence-corrected chi connectivity index (χ2v) is 10.6. The quantitative estimate of drug-likeness (QED) is 0.616. The van der Waals surface area contributed by atoms with Crippen molar-refractivity contribution in [2.45, 2.75) is 74.4 Å². The summed E-state index contributed by atoms with van der Waals surface area (Å²) in [6, 6.07) is 0. The van der Waals surface area contributed by atoms with Crippen molar-refractivity contribution in [3.63, 3.8) is 0 Å². The van der Waals surface area contributed by atoms with E-state index in [1.807, 2.05) is 0 Å². The molecule has 10 nitrogen and oxygen atoms in total. The van der Waals surface area contributed by atoms with Crippen molar-refractivity contribution in [1.29, 1.82) is 0 Å². The van der Waals surface area contributed by atoms with Gasteiger partial charge in [-0.1, -0.05) is 0 Å². The van der Waals surface area contributed by atoms with E-state index in [0.717, 1.165) is 51.2 Å². The molecule has 0 bridgehead atoms. The van der Waals surface area contributed by atoms with E-state index in [1.54, 1.807) is 4.90 Å². The first-order valence-corrected chi connectivity index (χ1v) is 13.1. The molecule has 1 aliphatic carbocycles. The van der Waals surface area contributed by atoms with Crippen LogP contribution in [0.1, 0.15) is 44.9 Å². The molecule has 1 amide bonds. The normalized spacial score (nSPS) is 27.3. The van der Waals surface area contributed by atoms with Gasteiger partial charge in [-0.2, -0.15) is 0 Å². The van der Waals surface area contributed by atoms with Gasteiger partial charge in [0.05, 0.1) is 37.8 Å². The Labute approximate surface area is 188 Å². The van der Waals surface area contributed by atoms with Crippen LogP contribution >= 0.6 is 0 Å². The molecule has 3 aliphatic rings. The molecule has 1 saturated carbocycles. The van der Waals surface area contributed by atoms with Gasteiger partial charge in [-0.3, -0.25) is 0 Å². The third kappa shape index (κ3) is 6.29. The number of ether oxygens (including phenoxy) is 4. The first kappa shape index (κ1) is 23.2. The summed E-state index contributed by atoms with van der Waals surface area (Å²) in [6.45, 7) is 2.45. The highest BCUT2D eigenvalue weighted by Crippen LogP contribution is 2.27. The van der Waals surface area contributed by atoms with Crippen molar-refractivity contribution >= 4 is 15.9 Å². The van der Waals surface area contributed by atoms with Crippen LogP contribution in [0.3, 0.4) is 0 Å². The minimum absolute atomic E-state index is 0.0180. The fraction of sp³-hybridized carbons (Fsp3) is 0.762. The van der Waals surface area contributed by atoms with Gasteiger partial charge in [0.2, 0.25) is 5.88 Å². The minimum Gasteiger partial charge on any atom is -0.473 e. The first-order valence-electron chi connectivity index (χ1n) is 11.2. The van der Waals surface area contributed by atoms with E-state index in [9.17, 15) is 13.2 Å². The van der Waals surface area contributed by atoms with Gasteiger partial charge in [-0.05, 0) is 38.5 Å². The maximum Gasteiger partial charge on any atom is 0.410 e. The molecule has 2 aliphatic heterocycles. The SMILES string of the molecule is CS(=O)(=O)c1cnc(OC2CCC(OC3CCN(C(=O)O[C@H]4CCOC4)CC3)CC2)cn1. The van der Waals surface area contributed by atoms with Crippen molar-refractivity contribution in [3.8, 4) is 5.88 Å². The van der Waals surface area contributed by atoms with Crippen LogP contribution in [-0.4, -0.2) is 86.4 Å². The topological polar surface area (TPSA) is 117 Å². The number of nitrogens with zero attached hydrogens (tertiary/aromatic N) is 3. The van der Waals surface area contributed by atoms with Gasteiger partial charge in [-0.25, -0.2) is 23.2 Å². The molecule has 0 N–H and O–H groups in total. The minimum atomic E-state index is -3.37. The van der Waals surface area contributed by atoms with Crippen molar-refractivity contribution in [1.82, 2.24) is 14.9 Å². The number of sulfone groups is 1. The molecule has 3 fully saturated rings. The van der Waals surface area contributed by atoms with Gasteiger partial charge in [0.1, 0.15) is 12.2 Å². The summed E-state index contributed by atoms with van der Waals surface area (Å²) in [4.78, 5) is 22.0. The number of hydrogen-bond acceptors (Lipinski definition) is 9. The summed E-state index contributed by atoms with van der Waals surface area (Å²) in [5.41, 5.74) is 0. The van der Waals surface area contributed by atoms with E-state index >= 15 is 0 Å². The van der Waals surface area contributed by atoms with Crippen LogP contribution in [0.15, 0.2) is 17.4 Å². The number of hydrogen-bond donors (Lipinski definition) is 0. The Morgan fingerprint density at radius 3 is 2.25 bits per heavy atom. The zero-order valence-electron chi connectivity index (χ0n) is 18.3. The summed E-state index contributed by atoms with van der Waals surface area (Å²) in [5.74, 6) is 0.338. The van der Waals surface area contributed by atoms with Crippen molar-refractivity contribution in [3.05, 3.63) is 12.4 Å². The fourth-order valence-electron chi connectivity index (χ4n) is 4.28. The molecule has 2 saturated heterocycles. The van der Waals surface area contributed by atoms with Crippen molar-refractivity contribution < 1.29 is 32.2 Å². The van der Waals surface area contributed by atoms with Crippen molar-refractivity contribution in [2.75, 3.05) is 32.6 Å². The van der Waals surface area contributed by atoms with Crippen LogP contribution in [-0.2, 0) is 24.0 Å². The number of carbonyl (C=O) groups is 1. The third-order valence-corrected chi connectivity index (χ3v) is 7.10. The Bertz CT molecular complexity index is 858. The van der Waals surface area contributed by atoms with Gasteiger partial charge in [0.25, 0.3) is 0 Å². The van der Waals surface area contributed by atoms with Crippen LogP contribution < -0.4 is 4.74 Å². The molecule has 32 heavy (non-hydrogen) atoms. The van der Waals surface area contributed by atoms with Crippen LogP contribution in [0.4, 0.5) is 4.79 Å². The summed E-state index contributed by atoms with van der Waals surface area (Å²) >= 11 is 0. The summed E-state index contributed by atoms with van der Waals surface area (Å²) in [6.07, 6.45) is 9.56.